The molecule has 1 aromatic rings. The van der Waals surface area contributed by atoms with E-state index in [-0.39, 0.29) is 18.0 Å². The summed E-state index contributed by atoms with van der Waals surface area (Å²) in [6.07, 6.45) is 0.689. The van der Waals surface area contributed by atoms with Crippen molar-refractivity contribution in [1.82, 2.24) is 0 Å². The number of Topliss-reactive ketones (excluding diaryl/α,β-unsaturated/α-hetero) is 1. The molecule has 0 amide bonds. The molecule has 18 heavy (non-hydrogen) atoms. The van der Waals surface area contributed by atoms with Crippen molar-refractivity contribution in [2.24, 2.45) is 5.92 Å². The van der Waals surface area contributed by atoms with Crippen LogP contribution in [-0.4, -0.2) is 20.0 Å². The minimum absolute atomic E-state index is 0.0579. The van der Waals surface area contributed by atoms with Gasteiger partial charge < -0.3 is 0 Å². The summed E-state index contributed by atoms with van der Waals surface area (Å²) < 4.78 is 23.8. The summed E-state index contributed by atoms with van der Waals surface area (Å²) in [5.41, 5.74) is 0.616. The maximum Gasteiger partial charge on any atom is 0.178 e. The van der Waals surface area contributed by atoms with Crippen LogP contribution in [0.1, 0.15) is 32.8 Å². The molecule has 1 rings (SSSR count). The number of hydrogen-bond donors (Lipinski definition) is 0. The van der Waals surface area contributed by atoms with E-state index in [1.54, 1.807) is 31.2 Å². The second kappa shape index (κ2) is 6.14. The van der Waals surface area contributed by atoms with E-state index in [1.807, 2.05) is 13.8 Å². The third-order valence-electron chi connectivity index (χ3n) is 2.71. The Labute approximate surface area is 109 Å². The van der Waals surface area contributed by atoms with E-state index >= 15 is 0 Å². The van der Waals surface area contributed by atoms with E-state index in [0.717, 1.165) is 0 Å². The molecule has 0 fully saturated rings. The topological polar surface area (TPSA) is 51.2 Å². The van der Waals surface area contributed by atoms with E-state index in [9.17, 15) is 13.2 Å². The van der Waals surface area contributed by atoms with Crippen LogP contribution in [0.25, 0.3) is 0 Å². The van der Waals surface area contributed by atoms with Gasteiger partial charge in [-0.15, -0.1) is 0 Å². The van der Waals surface area contributed by atoms with Gasteiger partial charge in [0.2, 0.25) is 0 Å². The Kier molecular flexibility index (Phi) is 5.08. The van der Waals surface area contributed by atoms with Gasteiger partial charge in [-0.1, -0.05) is 39.0 Å². The first kappa shape index (κ1) is 14.9. The van der Waals surface area contributed by atoms with Crippen molar-refractivity contribution in [2.75, 3.05) is 5.75 Å². The van der Waals surface area contributed by atoms with E-state index in [1.165, 1.54) is 0 Å². The van der Waals surface area contributed by atoms with Crippen LogP contribution in [0.4, 0.5) is 0 Å². The highest BCUT2D eigenvalue weighted by Crippen LogP contribution is 2.18. The molecule has 0 radical (unpaired) electrons. The molecule has 0 spiro atoms. The molecule has 0 unspecified atom stereocenters. The Morgan fingerprint density at radius 2 is 1.83 bits per heavy atom. The maximum absolute atomic E-state index is 11.9. The number of benzene rings is 1. The van der Waals surface area contributed by atoms with Gasteiger partial charge in [-0.2, -0.15) is 0 Å². The normalized spacial score (nSPS) is 11.8. The first-order chi connectivity index (χ1) is 8.36. The summed E-state index contributed by atoms with van der Waals surface area (Å²) >= 11 is 0. The summed E-state index contributed by atoms with van der Waals surface area (Å²) in [6, 6.07) is 6.77. The summed E-state index contributed by atoms with van der Waals surface area (Å²) in [7, 11) is -3.26. The predicted molar refractivity (Wildman–Crippen MR) is 72.3 cm³/mol. The van der Waals surface area contributed by atoms with Gasteiger partial charge in [0.1, 0.15) is 5.78 Å². The molecule has 100 valence electrons. The summed E-state index contributed by atoms with van der Waals surface area (Å²) in [4.78, 5) is 12.1. The zero-order chi connectivity index (χ0) is 13.8. The van der Waals surface area contributed by atoms with Crippen LogP contribution in [0, 0.1) is 5.92 Å². The van der Waals surface area contributed by atoms with Gasteiger partial charge in [0.05, 0.1) is 10.6 Å². The molecule has 0 bridgehead atoms. The standard InChI is InChI=1S/C14H20O3S/c1-4-18(16,17)14-8-6-5-7-12(14)10-13(15)9-11(2)3/h5-8,11H,4,9-10H2,1-3H3. The Morgan fingerprint density at radius 3 is 2.39 bits per heavy atom. The van der Waals surface area contributed by atoms with Crippen LogP contribution in [0.3, 0.4) is 0 Å². The number of sulfone groups is 1. The molecule has 0 saturated carbocycles. The molecule has 0 saturated heterocycles. The molecule has 0 aliphatic carbocycles. The lowest BCUT2D eigenvalue weighted by Crippen LogP contribution is -2.12. The van der Waals surface area contributed by atoms with Crippen LogP contribution < -0.4 is 0 Å². The zero-order valence-electron chi connectivity index (χ0n) is 11.1. The third-order valence-corrected chi connectivity index (χ3v) is 4.54. The lowest BCUT2D eigenvalue weighted by atomic mass is 10.0. The van der Waals surface area contributed by atoms with Crippen molar-refractivity contribution in [3.8, 4) is 0 Å². The minimum Gasteiger partial charge on any atom is -0.299 e. The molecular weight excluding hydrogens is 248 g/mol. The molecular formula is C14H20O3S. The van der Waals surface area contributed by atoms with Crippen LogP contribution in [-0.2, 0) is 21.1 Å². The van der Waals surface area contributed by atoms with Crippen molar-refractivity contribution in [3.63, 3.8) is 0 Å². The molecule has 0 aliphatic rings. The summed E-state index contributed by atoms with van der Waals surface area (Å²) in [5, 5.41) is 0. The number of hydrogen-bond acceptors (Lipinski definition) is 3. The largest absolute Gasteiger partial charge is 0.299 e. The third kappa shape index (κ3) is 3.95. The average molecular weight is 268 g/mol. The fourth-order valence-corrected chi connectivity index (χ4v) is 2.99. The van der Waals surface area contributed by atoms with Gasteiger partial charge in [-0.25, -0.2) is 8.42 Å². The molecule has 0 atom stereocenters. The lowest BCUT2D eigenvalue weighted by Gasteiger charge is -2.09. The summed E-state index contributed by atoms with van der Waals surface area (Å²) in [5.74, 6) is 0.443. The second-order valence-corrected chi connectivity index (χ2v) is 7.07. The van der Waals surface area contributed by atoms with Crippen molar-refractivity contribution in [3.05, 3.63) is 29.8 Å². The van der Waals surface area contributed by atoms with Crippen molar-refractivity contribution < 1.29 is 13.2 Å². The monoisotopic (exact) mass is 268 g/mol. The molecule has 0 aromatic heterocycles. The minimum atomic E-state index is -3.26. The first-order valence-electron chi connectivity index (χ1n) is 6.19. The molecule has 0 aliphatic heterocycles. The molecule has 1 aromatic carbocycles. The highest BCUT2D eigenvalue weighted by molar-refractivity contribution is 7.91. The quantitative estimate of drug-likeness (QED) is 0.797. The van der Waals surface area contributed by atoms with Gasteiger partial charge in [0.15, 0.2) is 9.84 Å². The van der Waals surface area contributed by atoms with E-state index in [4.69, 9.17) is 0 Å². The SMILES string of the molecule is CCS(=O)(=O)c1ccccc1CC(=O)CC(C)C. The van der Waals surface area contributed by atoms with Gasteiger partial charge in [-0.05, 0) is 17.5 Å². The van der Waals surface area contributed by atoms with Crippen molar-refractivity contribution in [2.45, 2.75) is 38.5 Å². The Morgan fingerprint density at radius 1 is 1.22 bits per heavy atom. The number of ketones is 1. The molecule has 3 nitrogen and oxygen atoms in total. The van der Waals surface area contributed by atoms with Crippen molar-refractivity contribution in [1.29, 1.82) is 0 Å². The zero-order valence-corrected chi connectivity index (χ0v) is 12.0. The molecule has 0 N–H and O–H groups in total. The fraction of sp³-hybridized carbons (Fsp3) is 0.500. The Bertz CT molecular complexity index is 516. The molecule has 0 heterocycles. The fourth-order valence-electron chi connectivity index (χ4n) is 1.85. The average Bonchev–Trinajstić information content (AvgIpc) is 2.28. The number of rotatable bonds is 6. The highest BCUT2D eigenvalue weighted by Gasteiger charge is 2.17. The van der Waals surface area contributed by atoms with Crippen LogP contribution in [0.5, 0.6) is 0 Å². The van der Waals surface area contributed by atoms with Gasteiger partial charge in [0.25, 0.3) is 0 Å². The van der Waals surface area contributed by atoms with E-state index < -0.39 is 9.84 Å². The highest BCUT2D eigenvalue weighted by atomic mass is 32.2. The predicted octanol–water partition coefficient (Wildman–Crippen LogP) is 2.64. The van der Waals surface area contributed by atoms with E-state index in [0.29, 0.717) is 22.8 Å². The van der Waals surface area contributed by atoms with Gasteiger partial charge in [0, 0.05) is 12.8 Å². The number of carbonyl (C=O) groups excluding carboxylic acids is 1. The van der Waals surface area contributed by atoms with Crippen LogP contribution >= 0.6 is 0 Å². The lowest BCUT2D eigenvalue weighted by molar-refractivity contribution is -0.119. The van der Waals surface area contributed by atoms with E-state index in [2.05, 4.69) is 0 Å². The number of carbonyl (C=O) groups is 1. The second-order valence-electron chi connectivity index (χ2n) is 4.82. The smallest absolute Gasteiger partial charge is 0.178 e. The Hall–Kier alpha value is -1.16. The van der Waals surface area contributed by atoms with Gasteiger partial charge in [-0.3, -0.25) is 4.79 Å². The van der Waals surface area contributed by atoms with Crippen LogP contribution in [0.2, 0.25) is 0 Å². The van der Waals surface area contributed by atoms with Crippen molar-refractivity contribution >= 4 is 15.6 Å². The Balaban J connectivity index is 3.01. The maximum atomic E-state index is 11.9. The first-order valence-corrected chi connectivity index (χ1v) is 7.84. The van der Waals surface area contributed by atoms with Crippen LogP contribution in [0.15, 0.2) is 29.2 Å². The summed E-state index contributed by atoms with van der Waals surface area (Å²) in [6.45, 7) is 5.57. The van der Waals surface area contributed by atoms with Gasteiger partial charge >= 0.3 is 0 Å². The molecule has 4 heteroatoms.